The van der Waals surface area contributed by atoms with Crippen molar-refractivity contribution in [3.05, 3.63) is 58.9 Å². The van der Waals surface area contributed by atoms with Crippen LogP contribution in [0.1, 0.15) is 137 Å². The maximum atomic E-state index is 12.9. The Morgan fingerprint density at radius 3 is 1.73 bits per heavy atom. The van der Waals surface area contributed by atoms with E-state index in [9.17, 15) is 4.79 Å². The largest absolute Gasteiger partial charge is 0.338 e. The van der Waals surface area contributed by atoms with E-state index in [1.165, 1.54) is 95.5 Å². The SMILES string of the molecule is CCCCCCCCCCCCCCCCCC(=O)c1c(C)[c]n(Cc2ccccc2)c1C. The molecule has 2 heteroatoms. The number of carbonyl (C=O) groups is 1. The van der Waals surface area contributed by atoms with E-state index in [0.717, 1.165) is 29.8 Å². The molecular formula is C31H48NO. The first-order valence-electron chi connectivity index (χ1n) is 13.8. The number of hydrogen-bond donors (Lipinski definition) is 0. The zero-order valence-corrected chi connectivity index (χ0v) is 21.8. The number of carbonyl (C=O) groups excluding carboxylic acids is 1. The third-order valence-electron chi connectivity index (χ3n) is 6.91. The van der Waals surface area contributed by atoms with Crippen LogP contribution in [0.2, 0.25) is 0 Å². The topological polar surface area (TPSA) is 22.0 Å². The van der Waals surface area contributed by atoms with Crippen molar-refractivity contribution in [3.63, 3.8) is 0 Å². The molecule has 0 amide bonds. The lowest BCUT2D eigenvalue weighted by Crippen LogP contribution is -2.05. The van der Waals surface area contributed by atoms with E-state index in [1.54, 1.807) is 0 Å². The molecule has 1 aromatic carbocycles. The lowest BCUT2D eigenvalue weighted by molar-refractivity contribution is 0.0978. The molecule has 0 aliphatic carbocycles. The third kappa shape index (κ3) is 10.8. The summed E-state index contributed by atoms with van der Waals surface area (Å²) in [5.41, 5.74) is 4.20. The summed E-state index contributed by atoms with van der Waals surface area (Å²) in [5.74, 6) is 0.294. The number of hydrogen-bond acceptors (Lipinski definition) is 1. The summed E-state index contributed by atoms with van der Waals surface area (Å²) in [4.78, 5) is 12.9. The van der Waals surface area contributed by atoms with Crippen molar-refractivity contribution in [3.8, 4) is 0 Å². The average Bonchev–Trinajstić information content (AvgIpc) is 3.09. The maximum absolute atomic E-state index is 12.9. The van der Waals surface area contributed by atoms with Crippen molar-refractivity contribution in [1.82, 2.24) is 4.57 Å². The molecule has 2 rings (SSSR count). The first-order chi connectivity index (χ1) is 16.1. The predicted octanol–water partition coefficient (Wildman–Crippen LogP) is 9.40. The second-order valence-corrected chi connectivity index (χ2v) is 9.89. The Morgan fingerprint density at radius 1 is 0.727 bits per heavy atom. The van der Waals surface area contributed by atoms with Gasteiger partial charge in [0.15, 0.2) is 5.78 Å². The Balaban J connectivity index is 1.52. The molecule has 0 saturated carbocycles. The highest BCUT2D eigenvalue weighted by Crippen LogP contribution is 2.21. The molecule has 0 aliphatic rings. The monoisotopic (exact) mass is 450 g/mol. The van der Waals surface area contributed by atoms with E-state index in [-0.39, 0.29) is 0 Å². The fourth-order valence-corrected chi connectivity index (χ4v) is 4.87. The minimum absolute atomic E-state index is 0.294. The lowest BCUT2D eigenvalue weighted by Gasteiger charge is -2.07. The summed E-state index contributed by atoms with van der Waals surface area (Å²) in [6, 6.07) is 10.4. The second-order valence-electron chi connectivity index (χ2n) is 9.89. The molecular weight excluding hydrogens is 402 g/mol. The second kappa shape index (κ2) is 16.7. The van der Waals surface area contributed by atoms with Crippen LogP contribution in [0.25, 0.3) is 0 Å². The Hall–Kier alpha value is -1.83. The molecule has 0 saturated heterocycles. The molecule has 0 bridgehead atoms. The number of rotatable bonds is 19. The fourth-order valence-electron chi connectivity index (χ4n) is 4.87. The molecule has 0 aliphatic heterocycles. The predicted molar refractivity (Wildman–Crippen MR) is 142 cm³/mol. The van der Waals surface area contributed by atoms with Crippen LogP contribution in [-0.2, 0) is 6.54 Å². The van der Waals surface area contributed by atoms with Crippen molar-refractivity contribution in [1.29, 1.82) is 0 Å². The average molecular weight is 451 g/mol. The van der Waals surface area contributed by atoms with Gasteiger partial charge in [0.1, 0.15) is 0 Å². The standard InChI is InChI=1S/C31H48NO/c1-4-5-6-7-8-9-10-11-12-13-14-15-16-17-21-24-30(33)31-27(2)25-32(28(31)3)26-29-22-19-18-20-23-29/h18-20,22-23H,4-17,21,24,26H2,1-3H3. The van der Waals surface area contributed by atoms with E-state index in [2.05, 4.69) is 48.9 Å². The molecule has 2 aromatic rings. The summed E-state index contributed by atoms with van der Waals surface area (Å²) < 4.78 is 2.10. The number of nitrogens with zero attached hydrogens (tertiary/aromatic N) is 1. The molecule has 2 nitrogen and oxygen atoms in total. The number of Topliss-reactive ketones (excluding diaryl/α,β-unsaturated/α-hetero) is 1. The fraction of sp³-hybridized carbons (Fsp3) is 0.645. The maximum Gasteiger partial charge on any atom is 0.164 e. The first-order valence-corrected chi connectivity index (χ1v) is 13.8. The number of benzene rings is 1. The summed E-state index contributed by atoms with van der Waals surface area (Å²) in [6.07, 6.45) is 24.3. The number of unbranched alkanes of at least 4 members (excludes halogenated alkanes) is 14. The Morgan fingerprint density at radius 2 is 1.21 bits per heavy atom. The van der Waals surface area contributed by atoms with Crippen LogP contribution in [0.15, 0.2) is 30.3 Å². The molecule has 0 spiro atoms. The molecule has 1 radical (unpaired) electrons. The van der Waals surface area contributed by atoms with Gasteiger partial charge in [0.05, 0.1) is 6.20 Å². The van der Waals surface area contributed by atoms with Crippen molar-refractivity contribution < 1.29 is 4.79 Å². The van der Waals surface area contributed by atoms with Gasteiger partial charge in [0, 0.05) is 24.2 Å². The molecule has 1 aromatic heterocycles. The Kier molecular flexibility index (Phi) is 13.9. The highest BCUT2D eigenvalue weighted by molar-refractivity contribution is 5.98. The zero-order chi connectivity index (χ0) is 23.7. The van der Waals surface area contributed by atoms with Gasteiger partial charge < -0.3 is 4.57 Å². The highest BCUT2D eigenvalue weighted by atomic mass is 16.1. The van der Waals surface area contributed by atoms with Gasteiger partial charge in [-0.05, 0) is 31.4 Å². The van der Waals surface area contributed by atoms with Gasteiger partial charge in [-0.1, -0.05) is 127 Å². The summed E-state index contributed by atoms with van der Waals surface area (Å²) in [6.45, 7) is 7.15. The van der Waals surface area contributed by atoms with E-state index in [0.29, 0.717) is 12.2 Å². The van der Waals surface area contributed by atoms with Crippen molar-refractivity contribution >= 4 is 5.78 Å². The van der Waals surface area contributed by atoms with E-state index in [1.807, 2.05) is 13.0 Å². The summed E-state index contributed by atoms with van der Waals surface area (Å²) >= 11 is 0. The number of aromatic nitrogens is 1. The van der Waals surface area contributed by atoms with E-state index >= 15 is 0 Å². The van der Waals surface area contributed by atoms with Crippen LogP contribution in [0.5, 0.6) is 0 Å². The minimum Gasteiger partial charge on any atom is -0.338 e. The van der Waals surface area contributed by atoms with Crippen molar-refractivity contribution in [2.45, 2.75) is 130 Å². The molecule has 183 valence electrons. The van der Waals surface area contributed by atoms with Crippen molar-refractivity contribution in [2.75, 3.05) is 0 Å². The molecule has 0 unspecified atom stereocenters. The Labute approximate surface area is 204 Å². The summed E-state index contributed by atoms with van der Waals surface area (Å²) in [7, 11) is 0. The first kappa shape index (κ1) is 27.4. The quantitative estimate of drug-likeness (QED) is 0.154. The van der Waals surface area contributed by atoms with Crippen LogP contribution < -0.4 is 0 Å². The van der Waals surface area contributed by atoms with Crippen LogP contribution >= 0.6 is 0 Å². The molecule has 1 heterocycles. The number of ketones is 1. The number of aryl methyl sites for hydroxylation is 1. The van der Waals surface area contributed by atoms with Gasteiger partial charge in [-0.25, -0.2) is 0 Å². The van der Waals surface area contributed by atoms with Gasteiger partial charge in [0.25, 0.3) is 0 Å². The van der Waals surface area contributed by atoms with Crippen LogP contribution in [0.4, 0.5) is 0 Å². The van der Waals surface area contributed by atoms with E-state index in [4.69, 9.17) is 0 Å². The van der Waals surface area contributed by atoms with Crippen LogP contribution in [0.3, 0.4) is 0 Å². The van der Waals surface area contributed by atoms with Gasteiger partial charge in [-0.2, -0.15) is 0 Å². The highest BCUT2D eigenvalue weighted by Gasteiger charge is 2.17. The van der Waals surface area contributed by atoms with Gasteiger partial charge in [0.2, 0.25) is 0 Å². The third-order valence-corrected chi connectivity index (χ3v) is 6.91. The normalized spacial score (nSPS) is 11.2. The molecule has 0 atom stereocenters. The van der Waals surface area contributed by atoms with Crippen LogP contribution in [-0.4, -0.2) is 10.4 Å². The van der Waals surface area contributed by atoms with Gasteiger partial charge in [-0.15, -0.1) is 0 Å². The molecule has 0 fully saturated rings. The lowest BCUT2D eigenvalue weighted by atomic mass is 10.0. The smallest absolute Gasteiger partial charge is 0.164 e. The zero-order valence-electron chi connectivity index (χ0n) is 21.8. The summed E-state index contributed by atoms with van der Waals surface area (Å²) in [5, 5.41) is 0. The molecule has 33 heavy (non-hydrogen) atoms. The minimum atomic E-state index is 0.294. The van der Waals surface area contributed by atoms with Crippen LogP contribution in [0, 0.1) is 20.0 Å². The van der Waals surface area contributed by atoms with Gasteiger partial charge >= 0.3 is 0 Å². The van der Waals surface area contributed by atoms with Crippen molar-refractivity contribution in [2.24, 2.45) is 0 Å². The van der Waals surface area contributed by atoms with E-state index < -0.39 is 0 Å². The van der Waals surface area contributed by atoms with Gasteiger partial charge in [-0.3, -0.25) is 4.79 Å². The Bertz CT molecular complexity index is 774. The molecule has 0 N–H and O–H groups in total.